The molecule has 12 nitrogen and oxygen atoms in total. The van der Waals surface area contributed by atoms with Crippen LogP contribution in [-0.2, 0) is 4.79 Å². The minimum Gasteiger partial charge on any atom is -0.450 e. The first-order valence-electron chi connectivity index (χ1n) is 14.4. The van der Waals surface area contributed by atoms with E-state index in [2.05, 4.69) is 33.1 Å². The molecule has 1 aromatic carbocycles. The van der Waals surface area contributed by atoms with E-state index in [0.29, 0.717) is 50.0 Å². The molecule has 5 rings (SSSR count). The number of nitrogens with two attached hydrogens (primary N) is 2. The number of fused-ring (bicyclic) bond motifs is 2. The maximum Gasteiger partial charge on any atom is 0.350 e. The zero-order chi connectivity index (χ0) is 28.1. The number of aromatic nitrogens is 2. The zero-order valence-electron chi connectivity index (χ0n) is 23.0. The molecule has 0 radical (unpaired) electrons. The summed E-state index contributed by atoms with van der Waals surface area (Å²) < 4.78 is 7.89. The number of hydrogen-bond donors (Lipinski definition) is 6. The predicted molar refractivity (Wildman–Crippen MR) is 154 cm³/mol. The van der Waals surface area contributed by atoms with Crippen molar-refractivity contribution in [1.82, 2.24) is 25.1 Å². The third-order valence-electron chi connectivity index (χ3n) is 8.28. The molecule has 0 bridgehead atoms. The second kappa shape index (κ2) is 12.7. The van der Waals surface area contributed by atoms with Crippen LogP contribution in [0, 0.1) is 5.41 Å². The predicted octanol–water partition coefficient (Wildman–Crippen LogP) is 2.09. The van der Waals surface area contributed by atoms with Gasteiger partial charge in [-0.2, -0.15) is 4.98 Å². The van der Waals surface area contributed by atoms with Gasteiger partial charge in [0.25, 0.3) is 0 Å². The van der Waals surface area contributed by atoms with E-state index in [-0.39, 0.29) is 29.6 Å². The average Bonchev–Trinajstić information content (AvgIpc) is 2.96. The van der Waals surface area contributed by atoms with Crippen LogP contribution in [0.15, 0.2) is 29.2 Å². The molecule has 1 aromatic heterocycles. The van der Waals surface area contributed by atoms with Crippen LogP contribution in [0.2, 0.25) is 0 Å². The van der Waals surface area contributed by atoms with Gasteiger partial charge in [0.05, 0.1) is 11.9 Å². The molecule has 1 saturated carbocycles. The van der Waals surface area contributed by atoms with Crippen molar-refractivity contribution >= 4 is 23.4 Å². The number of guanidine groups is 1. The van der Waals surface area contributed by atoms with Crippen molar-refractivity contribution in [2.45, 2.75) is 69.4 Å². The molecule has 40 heavy (non-hydrogen) atoms. The van der Waals surface area contributed by atoms with Crippen molar-refractivity contribution in [2.75, 3.05) is 38.0 Å². The monoisotopic (exact) mass is 551 g/mol. The van der Waals surface area contributed by atoms with Crippen molar-refractivity contribution in [1.29, 1.82) is 5.41 Å². The fraction of sp³-hybridized carbons (Fsp3) is 0.571. The fourth-order valence-electron chi connectivity index (χ4n) is 6.17. The number of piperidine rings is 1. The summed E-state index contributed by atoms with van der Waals surface area (Å²) in [6, 6.07) is 6.34. The Morgan fingerprint density at radius 1 is 1.18 bits per heavy atom. The summed E-state index contributed by atoms with van der Waals surface area (Å²) in [5.74, 6) is 2.21. The van der Waals surface area contributed by atoms with Gasteiger partial charge >= 0.3 is 5.69 Å². The first-order chi connectivity index (χ1) is 19.4. The van der Waals surface area contributed by atoms with Crippen LogP contribution in [0.1, 0.15) is 68.9 Å². The van der Waals surface area contributed by atoms with E-state index in [4.69, 9.17) is 21.6 Å². The lowest BCUT2D eigenvalue weighted by Crippen LogP contribution is -2.45. The molecule has 2 aromatic rings. The van der Waals surface area contributed by atoms with Crippen molar-refractivity contribution in [2.24, 2.45) is 11.5 Å². The topological polar surface area (TPSA) is 176 Å². The van der Waals surface area contributed by atoms with Gasteiger partial charge in [-0.25, -0.2) is 4.79 Å². The second-order valence-corrected chi connectivity index (χ2v) is 10.9. The number of amides is 1. The molecule has 3 aliphatic rings. The van der Waals surface area contributed by atoms with Crippen LogP contribution in [0.5, 0.6) is 11.5 Å². The number of hydrogen-bond acceptors (Lipinski definition) is 8. The molecule has 1 amide bonds. The van der Waals surface area contributed by atoms with Crippen LogP contribution in [0.3, 0.4) is 0 Å². The van der Waals surface area contributed by atoms with Gasteiger partial charge in [-0.05, 0) is 81.6 Å². The minimum atomic E-state index is -0.303. The average molecular weight is 552 g/mol. The van der Waals surface area contributed by atoms with Crippen molar-refractivity contribution in [3.05, 3.63) is 40.4 Å². The number of ether oxygens (including phenoxy) is 1. The van der Waals surface area contributed by atoms with Crippen LogP contribution in [0.4, 0.5) is 11.5 Å². The first kappa shape index (κ1) is 27.9. The van der Waals surface area contributed by atoms with Crippen LogP contribution >= 0.6 is 0 Å². The third-order valence-corrected chi connectivity index (χ3v) is 8.28. The molecule has 0 atom stereocenters. The first-order valence-corrected chi connectivity index (χ1v) is 14.4. The van der Waals surface area contributed by atoms with E-state index in [1.165, 1.54) is 5.56 Å². The van der Waals surface area contributed by atoms with Crippen LogP contribution in [-0.4, -0.2) is 65.1 Å². The Morgan fingerprint density at radius 3 is 2.67 bits per heavy atom. The van der Waals surface area contributed by atoms with Gasteiger partial charge < -0.3 is 37.1 Å². The number of carbonyl (C=O) groups excluding carboxylic acids is 1. The number of nitrogens with zero attached hydrogens (tertiary/aromatic N) is 3. The largest absolute Gasteiger partial charge is 0.450 e. The normalized spacial score (nSPS) is 20.4. The Labute approximate surface area is 234 Å². The number of benzene rings is 1. The van der Waals surface area contributed by atoms with Gasteiger partial charge in [-0.3, -0.25) is 14.8 Å². The summed E-state index contributed by atoms with van der Waals surface area (Å²) in [6.07, 6.45) is 8.07. The Morgan fingerprint density at radius 2 is 1.95 bits per heavy atom. The molecule has 1 saturated heterocycles. The third kappa shape index (κ3) is 6.39. The lowest BCUT2D eigenvalue weighted by atomic mass is 9.89. The highest BCUT2D eigenvalue weighted by atomic mass is 16.5. The van der Waals surface area contributed by atoms with E-state index in [1.54, 1.807) is 10.8 Å². The zero-order valence-corrected chi connectivity index (χ0v) is 23.0. The number of anilines is 2. The van der Waals surface area contributed by atoms with Gasteiger partial charge in [0.15, 0.2) is 23.3 Å². The minimum absolute atomic E-state index is 0.0142. The van der Waals surface area contributed by atoms with E-state index in [9.17, 15) is 9.59 Å². The summed E-state index contributed by atoms with van der Waals surface area (Å²) >= 11 is 0. The highest BCUT2D eigenvalue weighted by molar-refractivity contribution is 5.77. The summed E-state index contributed by atoms with van der Waals surface area (Å²) in [7, 11) is 0. The van der Waals surface area contributed by atoms with E-state index >= 15 is 0 Å². The Kier molecular flexibility index (Phi) is 8.85. The second-order valence-electron chi connectivity index (χ2n) is 10.9. The molecular weight excluding hydrogens is 510 g/mol. The molecular formula is C28H41N9O3. The Hall–Kier alpha value is -3.64. The SMILES string of the molecule is N=C(N)NCCCN(C(=O)CCN)[C@H]1CC[C@H](n2cc3c(nc2=O)Nc2cc(C4CCNCC4)ccc2O3)CC1. The van der Waals surface area contributed by atoms with E-state index < -0.39 is 0 Å². The van der Waals surface area contributed by atoms with E-state index in [1.807, 2.05) is 11.0 Å². The molecule has 1 aliphatic carbocycles. The van der Waals surface area contributed by atoms with Gasteiger partial charge in [0.2, 0.25) is 5.91 Å². The Balaban J connectivity index is 1.24. The lowest BCUT2D eigenvalue weighted by Gasteiger charge is -2.37. The summed E-state index contributed by atoms with van der Waals surface area (Å²) in [5, 5.41) is 16.8. The molecule has 3 heterocycles. The van der Waals surface area contributed by atoms with Crippen LogP contribution < -0.4 is 37.8 Å². The lowest BCUT2D eigenvalue weighted by molar-refractivity contribution is -0.134. The highest BCUT2D eigenvalue weighted by Crippen LogP contribution is 2.43. The highest BCUT2D eigenvalue weighted by Gasteiger charge is 2.31. The number of nitrogens with one attached hydrogen (secondary N) is 4. The van der Waals surface area contributed by atoms with Crippen molar-refractivity contribution < 1.29 is 9.53 Å². The Bertz CT molecular complexity index is 1270. The van der Waals surface area contributed by atoms with Gasteiger partial charge in [-0.1, -0.05) is 6.07 Å². The molecule has 0 unspecified atom stereocenters. The molecule has 0 spiro atoms. The summed E-state index contributed by atoms with van der Waals surface area (Å²) in [4.78, 5) is 32.2. The maximum atomic E-state index is 13.1. The molecule has 12 heteroatoms. The number of carbonyl (C=O) groups is 1. The van der Waals surface area contributed by atoms with Gasteiger partial charge in [0, 0.05) is 38.1 Å². The van der Waals surface area contributed by atoms with Crippen LogP contribution in [0.25, 0.3) is 0 Å². The summed E-state index contributed by atoms with van der Waals surface area (Å²) in [5.41, 5.74) is 12.8. The van der Waals surface area contributed by atoms with Gasteiger partial charge in [0.1, 0.15) is 0 Å². The summed E-state index contributed by atoms with van der Waals surface area (Å²) in [6.45, 7) is 3.47. The molecule has 8 N–H and O–H groups in total. The quantitative estimate of drug-likeness (QED) is 0.132. The maximum absolute atomic E-state index is 13.1. The van der Waals surface area contributed by atoms with Crippen molar-refractivity contribution in [3.63, 3.8) is 0 Å². The number of rotatable bonds is 9. The van der Waals surface area contributed by atoms with E-state index in [0.717, 1.165) is 63.1 Å². The molecule has 2 aliphatic heterocycles. The molecule has 216 valence electrons. The molecule has 2 fully saturated rings. The van der Waals surface area contributed by atoms with Gasteiger partial charge in [-0.15, -0.1) is 0 Å². The smallest absolute Gasteiger partial charge is 0.350 e. The standard InChI is InChI=1S/C28H41N9O3/c29-11-8-25(38)36(15-1-12-33-27(30)31)20-3-5-21(6-4-20)37-17-24-26(35-28(37)39)34-22-16-19(2-7-23(22)40-24)18-9-13-32-14-10-18/h2,7,16-18,20-21,32H,1,3-6,8-15,29H2,(H4,30,31,33)(H,34,35,39)/t20-,21-. The van der Waals surface area contributed by atoms with Crippen molar-refractivity contribution in [3.8, 4) is 11.5 Å². The fourth-order valence-corrected chi connectivity index (χ4v) is 6.17.